The Hall–Kier alpha value is -1.16. The van der Waals surface area contributed by atoms with Gasteiger partial charge in [0.1, 0.15) is 5.15 Å². The van der Waals surface area contributed by atoms with Gasteiger partial charge in [0.05, 0.1) is 0 Å². The van der Waals surface area contributed by atoms with Gasteiger partial charge in [-0.3, -0.25) is 0 Å². The normalized spacial score (nSPS) is 8.62. The van der Waals surface area contributed by atoms with Gasteiger partial charge in [0.15, 0.2) is 11.5 Å². The van der Waals surface area contributed by atoms with Crippen molar-refractivity contribution in [1.29, 1.82) is 0 Å². The molecule has 0 aliphatic rings. The molecule has 3 nitrogen and oxygen atoms in total. The highest BCUT2D eigenvalue weighted by Gasteiger charge is 2.11. The molecule has 1 rings (SSSR count). The maximum Gasteiger partial charge on any atom is 0.357 e. The molecule has 72 valence electrons. The third-order valence-corrected chi connectivity index (χ3v) is 1.23. The van der Waals surface area contributed by atoms with Crippen molar-refractivity contribution in [3.8, 4) is 0 Å². The fourth-order valence-electron chi connectivity index (χ4n) is 0.568. The number of carbonyl (C=O) groups is 1. The highest BCUT2D eigenvalue weighted by molar-refractivity contribution is 6.29. The number of carboxylic acid groups (broad SMARTS) is 1. The molecule has 0 saturated heterocycles. The lowest BCUT2D eigenvalue weighted by Crippen LogP contribution is -2.03. The molecule has 0 radical (unpaired) electrons. The summed E-state index contributed by atoms with van der Waals surface area (Å²) in [5.74, 6) is -2.31. The van der Waals surface area contributed by atoms with Crippen LogP contribution in [-0.2, 0) is 0 Å². The third kappa shape index (κ3) is 3.38. The average Bonchev–Trinajstić information content (AvgIpc) is 2.12. The van der Waals surface area contributed by atoms with Crippen molar-refractivity contribution in [2.24, 2.45) is 0 Å². The number of carboxylic acids is 1. The summed E-state index contributed by atoms with van der Waals surface area (Å²) in [7, 11) is 0. The van der Waals surface area contributed by atoms with E-state index in [2.05, 4.69) is 4.98 Å². The van der Waals surface area contributed by atoms with Crippen molar-refractivity contribution in [3.63, 3.8) is 0 Å². The molecule has 1 aromatic rings. The molecule has 5 heteroatoms. The molecule has 0 aliphatic carbocycles. The van der Waals surface area contributed by atoms with Crippen LogP contribution in [0.25, 0.3) is 0 Å². The summed E-state index contributed by atoms with van der Waals surface area (Å²) in [6.07, 6.45) is 0. The second-order valence-corrected chi connectivity index (χ2v) is 2.16. The Morgan fingerprint density at radius 1 is 1.54 bits per heavy atom. The topological polar surface area (TPSA) is 50.2 Å². The fourth-order valence-corrected chi connectivity index (χ4v) is 0.716. The Morgan fingerprint density at radius 3 is 2.46 bits per heavy atom. The quantitative estimate of drug-likeness (QED) is 0.717. The van der Waals surface area contributed by atoms with Crippen LogP contribution in [0, 0.1) is 5.82 Å². The number of rotatable bonds is 1. The zero-order valence-electron chi connectivity index (χ0n) is 7.21. The van der Waals surface area contributed by atoms with Gasteiger partial charge < -0.3 is 5.11 Å². The van der Waals surface area contributed by atoms with Crippen LogP contribution in [-0.4, -0.2) is 16.1 Å². The highest BCUT2D eigenvalue weighted by atomic mass is 35.5. The van der Waals surface area contributed by atoms with Crippen LogP contribution in [0.3, 0.4) is 0 Å². The second-order valence-electron chi connectivity index (χ2n) is 1.77. The standard InChI is InChI=1S/C6H3ClFNO2.C2H6/c7-4-2-1-3(8)5(9-4)6(10)11;1-2/h1-2H,(H,10,11);1-2H3. The molecule has 0 fully saturated rings. The van der Waals surface area contributed by atoms with E-state index in [1.807, 2.05) is 13.8 Å². The summed E-state index contributed by atoms with van der Waals surface area (Å²) in [6.45, 7) is 4.00. The van der Waals surface area contributed by atoms with E-state index in [4.69, 9.17) is 16.7 Å². The first-order valence-corrected chi connectivity index (χ1v) is 4.04. The number of pyridine rings is 1. The highest BCUT2D eigenvalue weighted by Crippen LogP contribution is 2.09. The Balaban J connectivity index is 0.000000671. The van der Waals surface area contributed by atoms with E-state index in [9.17, 15) is 9.18 Å². The summed E-state index contributed by atoms with van der Waals surface area (Å²) in [5, 5.41) is 8.29. The molecule has 0 amide bonds. The van der Waals surface area contributed by atoms with Gasteiger partial charge in [0, 0.05) is 0 Å². The predicted octanol–water partition coefficient (Wildman–Crippen LogP) is 2.60. The molecule has 0 spiro atoms. The van der Waals surface area contributed by atoms with Crippen molar-refractivity contribution in [2.45, 2.75) is 13.8 Å². The van der Waals surface area contributed by atoms with Gasteiger partial charge in [0.2, 0.25) is 0 Å². The van der Waals surface area contributed by atoms with Crippen LogP contribution in [0.15, 0.2) is 12.1 Å². The van der Waals surface area contributed by atoms with Crippen LogP contribution in [0.4, 0.5) is 4.39 Å². The van der Waals surface area contributed by atoms with Crippen LogP contribution >= 0.6 is 11.6 Å². The van der Waals surface area contributed by atoms with Gasteiger partial charge in [-0.05, 0) is 12.1 Å². The molecule has 0 bridgehead atoms. The van der Waals surface area contributed by atoms with Gasteiger partial charge in [-0.1, -0.05) is 25.4 Å². The summed E-state index contributed by atoms with van der Waals surface area (Å²) < 4.78 is 12.5. The molecular weight excluding hydrogens is 197 g/mol. The van der Waals surface area contributed by atoms with Gasteiger partial charge in [-0.25, -0.2) is 14.2 Å². The van der Waals surface area contributed by atoms with Crippen molar-refractivity contribution >= 4 is 17.6 Å². The maximum absolute atomic E-state index is 12.5. The van der Waals surface area contributed by atoms with E-state index in [0.717, 1.165) is 6.07 Å². The maximum atomic E-state index is 12.5. The Labute approximate surface area is 80.2 Å². The molecule has 1 N–H and O–H groups in total. The zero-order chi connectivity index (χ0) is 10.4. The summed E-state index contributed by atoms with van der Waals surface area (Å²) in [4.78, 5) is 13.5. The largest absolute Gasteiger partial charge is 0.476 e. The van der Waals surface area contributed by atoms with Crippen LogP contribution in [0.5, 0.6) is 0 Å². The molecule has 1 heterocycles. The number of halogens is 2. The van der Waals surface area contributed by atoms with Crippen molar-refractivity contribution in [2.75, 3.05) is 0 Å². The van der Waals surface area contributed by atoms with Gasteiger partial charge in [-0.15, -0.1) is 0 Å². The molecular formula is C8H9ClFNO2. The lowest BCUT2D eigenvalue weighted by molar-refractivity contribution is 0.0685. The molecule has 0 unspecified atom stereocenters. The minimum Gasteiger partial charge on any atom is -0.476 e. The van der Waals surface area contributed by atoms with E-state index >= 15 is 0 Å². The minimum absolute atomic E-state index is 0.0381. The Morgan fingerprint density at radius 2 is 2.08 bits per heavy atom. The van der Waals surface area contributed by atoms with Crippen molar-refractivity contribution in [1.82, 2.24) is 4.98 Å². The average molecular weight is 206 g/mol. The van der Waals surface area contributed by atoms with E-state index in [-0.39, 0.29) is 5.15 Å². The number of hydrogen-bond acceptors (Lipinski definition) is 2. The van der Waals surface area contributed by atoms with Crippen LogP contribution in [0.1, 0.15) is 24.3 Å². The molecule has 0 atom stereocenters. The SMILES string of the molecule is CC.O=C(O)c1nc(Cl)ccc1F. The van der Waals surface area contributed by atoms with E-state index in [1.54, 1.807) is 0 Å². The van der Waals surface area contributed by atoms with E-state index < -0.39 is 17.5 Å². The van der Waals surface area contributed by atoms with Crippen molar-refractivity contribution in [3.05, 3.63) is 28.8 Å². The first-order chi connectivity index (χ1) is 6.11. The molecule has 0 saturated carbocycles. The first-order valence-electron chi connectivity index (χ1n) is 3.66. The molecule has 1 aromatic heterocycles. The van der Waals surface area contributed by atoms with Gasteiger partial charge >= 0.3 is 5.97 Å². The van der Waals surface area contributed by atoms with Gasteiger partial charge in [-0.2, -0.15) is 0 Å². The number of aromatic carboxylic acids is 1. The molecule has 13 heavy (non-hydrogen) atoms. The van der Waals surface area contributed by atoms with E-state index in [1.165, 1.54) is 6.07 Å². The number of hydrogen-bond donors (Lipinski definition) is 1. The number of nitrogens with zero attached hydrogens (tertiary/aromatic N) is 1. The van der Waals surface area contributed by atoms with Crippen molar-refractivity contribution < 1.29 is 14.3 Å². The zero-order valence-corrected chi connectivity index (χ0v) is 7.97. The summed E-state index contributed by atoms with van der Waals surface area (Å²) >= 11 is 5.32. The predicted molar refractivity (Wildman–Crippen MR) is 47.5 cm³/mol. The first kappa shape index (κ1) is 11.8. The molecule has 0 aliphatic heterocycles. The smallest absolute Gasteiger partial charge is 0.357 e. The monoisotopic (exact) mass is 205 g/mol. The van der Waals surface area contributed by atoms with Crippen LogP contribution in [0.2, 0.25) is 5.15 Å². The lowest BCUT2D eigenvalue weighted by Gasteiger charge is -1.94. The number of aromatic nitrogens is 1. The Bertz CT molecular complexity index is 304. The van der Waals surface area contributed by atoms with E-state index in [0.29, 0.717) is 0 Å². The minimum atomic E-state index is -1.43. The second kappa shape index (κ2) is 5.48. The molecule has 0 aromatic carbocycles. The lowest BCUT2D eigenvalue weighted by atomic mass is 10.3. The summed E-state index contributed by atoms with van der Waals surface area (Å²) in [6, 6.07) is 2.14. The van der Waals surface area contributed by atoms with Gasteiger partial charge in [0.25, 0.3) is 0 Å². The third-order valence-electron chi connectivity index (χ3n) is 1.01. The van der Waals surface area contributed by atoms with Crippen LogP contribution < -0.4 is 0 Å². The Kier molecular flexibility index (Phi) is 4.99. The summed E-state index contributed by atoms with van der Waals surface area (Å²) in [5.41, 5.74) is -0.655. The fraction of sp³-hybridized carbons (Fsp3) is 0.250.